The average Bonchev–Trinajstić information content (AvgIpc) is 3.19. The summed E-state index contributed by atoms with van der Waals surface area (Å²) in [5.41, 5.74) is 3.35. The summed E-state index contributed by atoms with van der Waals surface area (Å²) in [5.74, 6) is -1.19. The average molecular weight is 377 g/mol. The van der Waals surface area contributed by atoms with Crippen molar-refractivity contribution in [3.8, 4) is 0 Å². The lowest BCUT2D eigenvalue weighted by Gasteiger charge is -2.20. The van der Waals surface area contributed by atoms with E-state index in [1.54, 1.807) is 30.3 Å². The monoisotopic (exact) mass is 377 g/mol. The number of fused-ring (bicyclic) bond motifs is 1. The van der Waals surface area contributed by atoms with Gasteiger partial charge in [-0.15, -0.1) is 0 Å². The van der Waals surface area contributed by atoms with Crippen LogP contribution in [-0.4, -0.2) is 41.4 Å². The minimum atomic E-state index is -0.915. The van der Waals surface area contributed by atoms with Crippen LogP contribution in [0.2, 0.25) is 0 Å². The number of aryl methyl sites for hydroxylation is 2. The van der Waals surface area contributed by atoms with Crippen molar-refractivity contribution >= 4 is 29.1 Å². The van der Waals surface area contributed by atoms with Crippen LogP contribution >= 0.6 is 0 Å². The quantitative estimate of drug-likeness (QED) is 0.827. The Balaban J connectivity index is 1.47. The highest BCUT2D eigenvalue weighted by molar-refractivity contribution is 6.25. The molecule has 0 unspecified atom stereocenters. The van der Waals surface area contributed by atoms with Crippen molar-refractivity contribution in [2.45, 2.75) is 25.9 Å². The van der Waals surface area contributed by atoms with E-state index in [2.05, 4.69) is 15.7 Å². The van der Waals surface area contributed by atoms with Crippen LogP contribution < -0.4 is 10.2 Å². The maximum atomic E-state index is 12.8. The Bertz CT molecular complexity index is 989. The minimum absolute atomic E-state index is 0.167. The number of hydrogen-bond donors (Lipinski definition) is 1. The van der Waals surface area contributed by atoms with Gasteiger partial charge in [0.25, 0.3) is 11.8 Å². The van der Waals surface area contributed by atoms with E-state index >= 15 is 0 Å². The van der Waals surface area contributed by atoms with Crippen molar-refractivity contribution in [3.05, 3.63) is 59.7 Å². The Kier molecular flexibility index (Phi) is 4.38. The van der Waals surface area contributed by atoms with Crippen molar-refractivity contribution < 1.29 is 14.4 Å². The fraction of sp³-hybridized carbons (Fsp3) is 0.250. The summed E-state index contributed by atoms with van der Waals surface area (Å²) in [6, 6.07) is 12.5. The van der Waals surface area contributed by atoms with Crippen LogP contribution in [-0.2, 0) is 14.4 Å². The smallest absolute Gasteiger partial charge is 0.263 e. The molecule has 0 saturated carbocycles. The molecule has 8 heteroatoms. The Morgan fingerprint density at radius 2 is 1.79 bits per heavy atom. The summed E-state index contributed by atoms with van der Waals surface area (Å²) in [6.45, 7) is 3.79. The minimum Gasteiger partial charge on any atom is -0.324 e. The first-order chi connectivity index (χ1) is 13.5. The summed E-state index contributed by atoms with van der Waals surface area (Å²) in [4.78, 5) is 39.0. The van der Waals surface area contributed by atoms with Crippen molar-refractivity contribution in [2.75, 3.05) is 16.8 Å². The number of carbonyl (C=O) groups is 3. The fourth-order valence-corrected chi connectivity index (χ4v) is 3.35. The van der Waals surface area contributed by atoms with Crippen LogP contribution in [0.15, 0.2) is 58.9 Å². The number of benzene rings is 2. The van der Waals surface area contributed by atoms with Crippen molar-refractivity contribution in [3.63, 3.8) is 0 Å². The van der Waals surface area contributed by atoms with Crippen LogP contribution in [0.1, 0.15) is 11.1 Å². The highest BCUT2D eigenvalue weighted by Crippen LogP contribution is 2.31. The first-order valence-electron chi connectivity index (χ1n) is 8.93. The Labute approximate surface area is 161 Å². The zero-order valence-corrected chi connectivity index (χ0v) is 15.5. The SMILES string of the molecule is Cc1ccc(NC(=O)CN2N=N[C@H]3C(=O)N(c4ccccc4)C(=O)[C@H]32)cc1C. The van der Waals surface area contributed by atoms with E-state index in [0.29, 0.717) is 11.4 Å². The van der Waals surface area contributed by atoms with Gasteiger partial charge in [0.15, 0.2) is 12.1 Å². The van der Waals surface area contributed by atoms with Gasteiger partial charge >= 0.3 is 0 Å². The second kappa shape index (κ2) is 6.88. The topological polar surface area (TPSA) is 94.4 Å². The molecule has 4 rings (SSSR count). The van der Waals surface area contributed by atoms with Gasteiger partial charge in [-0.25, -0.2) is 4.90 Å². The van der Waals surface area contributed by atoms with Gasteiger partial charge in [0.1, 0.15) is 6.54 Å². The zero-order valence-electron chi connectivity index (χ0n) is 15.5. The van der Waals surface area contributed by atoms with Gasteiger partial charge in [-0.2, -0.15) is 5.11 Å². The van der Waals surface area contributed by atoms with Gasteiger partial charge in [-0.05, 0) is 49.2 Å². The van der Waals surface area contributed by atoms with Crippen LogP contribution in [0, 0.1) is 13.8 Å². The van der Waals surface area contributed by atoms with Gasteiger partial charge in [0, 0.05) is 5.69 Å². The van der Waals surface area contributed by atoms with E-state index in [-0.39, 0.29) is 12.5 Å². The van der Waals surface area contributed by atoms with E-state index in [0.717, 1.165) is 16.0 Å². The molecular formula is C20H19N5O3. The lowest BCUT2D eigenvalue weighted by atomic mass is 10.1. The highest BCUT2D eigenvalue weighted by Gasteiger charge is 2.55. The largest absolute Gasteiger partial charge is 0.324 e. The van der Waals surface area contributed by atoms with Gasteiger partial charge < -0.3 is 5.32 Å². The number of hydrogen-bond acceptors (Lipinski definition) is 6. The molecule has 2 aromatic carbocycles. The molecule has 0 radical (unpaired) electrons. The number of carbonyl (C=O) groups excluding carboxylic acids is 3. The number of imide groups is 1. The molecule has 142 valence electrons. The summed E-state index contributed by atoms with van der Waals surface area (Å²) >= 11 is 0. The van der Waals surface area contributed by atoms with Gasteiger partial charge in [-0.1, -0.05) is 29.5 Å². The third-order valence-corrected chi connectivity index (χ3v) is 4.97. The maximum Gasteiger partial charge on any atom is 0.263 e. The summed E-state index contributed by atoms with van der Waals surface area (Å²) < 4.78 is 0. The second-order valence-electron chi connectivity index (χ2n) is 6.89. The van der Waals surface area contributed by atoms with Crippen LogP contribution in [0.3, 0.4) is 0 Å². The lowest BCUT2D eigenvalue weighted by Crippen LogP contribution is -2.43. The Hall–Kier alpha value is -3.55. The Morgan fingerprint density at radius 1 is 1.04 bits per heavy atom. The number of anilines is 2. The molecule has 1 saturated heterocycles. The normalized spacial score (nSPS) is 20.6. The van der Waals surface area contributed by atoms with Gasteiger partial charge in [0.2, 0.25) is 5.91 Å². The van der Waals surface area contributed by atoms with E-state index in [9.17, 15) is 14.4 Å². The Morgan fingerprint density at radius 3 is 2.50 bits per heavy atom. The fourth-order valence-electron chi connectivity index (χ4n) is 3.35. The predicted octanol–water partition coefficient (Wildman–Crippen LogP) is 2.24. The molecule has 2 aliphatic heterocycles. The zero-order chi connectivity index (χ0) is 19.8. The van der Waals surface area contributed by atoms with E-state index in [1.807, 2.05) is 32.0 Å². The molecule has 1 fully saturated rings. The molecule has 28 heavy (non-hydrogen) atoms. The first-order valence-corrected chi connectivity index (χ1v) is 8.93. The molecule has 3 amide bonds. The molecule has 1 N–H and O–H groups in total. The van der Waals surface area contributed by atoms with Gasteiger partial charge in [-0.3, -0.25) is 19.4 Å². The van der Waals surface area contributed by atoms with E-state index in [4.69, 9.17) is 0 Å². The maximum absolute atomic E-state index is 12.8. The van der Waals surface area contributed by atoms with Crippen LogP contribution in [0.5, 0.6) is 0 Å². The molecule has 0 aromatic heterocycles. The summed E-state index contributed by atoms with van der Waals surface area (Å²) in [6.07, 6.45) is 0. The molecule has 2 atom stereocenters. The third-order valence-electron chi connectivity index (χ3n) is 4.97. The molecule has 2 heterocycles. The number of rotatable bonds is 4. The van der Waals surface area contributed by atoms with Gasteiger partial charge in [0.05, 0.1) is 5.69 Å². The second-order valence-corrected chi connectivity index (χ2v) is 6.89. The third kappa shape index (κ3) is 3.02. The predicted molar refractivity (Wildman–Crippen MR) is 103 cm³/mol. The lowest BCUT2D eigenvalue weighted by molar-refractivity contribution is -0.123. The molecule has 2 aliphatic rings. The molecule has 0 spiro atoms. The summed E-state index contributed by atoms with van der Waals surface area (Å²) in [5, 5.41) is 11.9. The van der Waals surface area contributed by atoms with Crippen molar-refractivity contribution in [1.82, 2.24) is 5.01 Å². The first kappa shape index (κ1) is 17.8. The molecular weight excluding hydrogens is 358 g/mol. The number of nitrogens with zero attached hydrogens (tertiary/aromatic N) is 4. The van der Waals surface area contributed by atoms with E-state index < -0.39 is 23.9 Å². The number of nitrogens with one attached hydrogen (secondary N) is 1. The molecule has 0 aliphatic carbocycles. The van der Waals surface area contributed by atoms with Crippen LogP contribution in [0.25, 0.3) is 0 Å². The van der Waals surface area contributed by atoms with E-state index in [1.165, 1.54) is 5.01 Å². The van der Waals surface area contributed by atoms with Crippen molar-refractivity contribution in [2.24, 2.45) is 10.3 Å². The van der Waals surface area contributed by atoms with Crippen LogP contribution in [0.4, 0.5) is 11.4 Å². The molecule has 2 aromatic rings. The van der Waals surface area contributed by atoms with Crippen molar-refractivity contribution in [1.29, 1.82) is 0 Å². The molecule has 0 bridgehead atoms. The standard InChI is InChI=1S/C20H19N5O3/c1-12-8-9-14(10-13(12)2)21-16(26)11-24-18-17(22-23-24)19(27)25(20(18)28)15-6-4-3-5-7-15/h3-10,17-18H,11H2,1-2H3,(H,21,26)/t17-,18+/m1/s1. The molecule has 8 nitrogen and oxygen atoms in total. The summed E-state index contributed by atoms with van der Waals surface area (Å²) in [7, 11) is 0. The number of para-hydroxylation sites is 1. The number of amides is 3. The highest BCUT2D eigenvalue weighted by atomic mass is 16.2.